The molecule has 29 heavy (non-hydrogen) atoms. The number of hydrazone groups is 1. The Morgan fingerprint density at radius 3 is 2.48 bits per heavy atom. The van der Waals surface area contributed by atoms with E-state index >= 15 is 0 Å². The molecule has 152 valence electrons. The standard InChI is InChI=1S/C21H23N3O5/c1-2-3-12-22-19(25)20(26)24-23-13-17-6-4-5-7-18(17)29-14-15-8-10-16(11-9-15)21(27)28/h4-11,13H,2-3,12,14H2,1H3,(H,22,25)(H,24,26)(H,27,28)/b23-13-. The number of amides is 2. The summed E-state index contributed by atoms with van der Waals surface area (Å²) in [5.41, 5.74) is 3.80. The molecular formula is C21H23N3O5. The van der Waals surface area contributed by atoms with Gasteiger partial charge in [-0.25, -0.2) is 10.2 Å². The summed E-state index contributed by atoms with van der Waals surface area (Å²) < 4.78 is 5.76. The number of carboxylic acid groups (broad SMARTS) is 1. The molecule has 0 atom stereocenters. The number of carboxylic acids is 1. The minimum atomic E-state index is -0.986. The third kappa shape index (κ3) is 7.10. The van der Waals surface area contributed by atoms with Crippen molar-refractivity contribution < 1.29 is 24.2 Å². The van der Waals surface area contributed by atoms with Crippen LogP contribution in [-0.4, -0.2) is 35.6 Å². The lowest BCUT2D eigenvalue weighted by molar-refractivity contribution is -0.139. The van der Waals surface area contributed by atoms with Crippen molar-refractivity contribution in [2.45, 2.75) is 26.4 Å². The Morgan fingerprint density at radius 2 is 1.79 bits per heavy atom. The average Bonchev–Trinajstić information content (AvgIpc) is 2.73. The van der Waals surface area contributed by atoms with Gasteiger partial charge < -0.3 is 15.2 Å². The summed E-state index contributed by atoms with van der Waals surface area (Å²) in [6, 6.07) is 13.4. The minimum absolute atomic E-state index is 0.204. The normalized spacial score (nSPS) is 10.5. The molecule has 0 aromatic heterocycles. The second-order valence-electron chi connectivity index (χ2n) is 6.14. The van der Waals surface area contributed by atoms with Crippen LogP contribution in [-0.2, 0) is 16.2 Å². The molecule has 3 N–H and O–H groups in total. The van der Waals surface area contributed by atoms with Crippen LogP contribution in [0, 0.1) is 0 Å². The molecule has 2 aromatic carbocycles. The Bertz CT molecular complexity index is 878. The van der Waals surface area contributed by atoms with Gasteiger partial charge in [0.05, 0.1) is 11.8 Å². The number of nitrogens with zero attached hydrogens (tertiary/aromatic N) is 1. The monoisotopic (exact) mass is 397 g/mol. The molecule has 2 rings (SSSR count). The van der Waals surface area contributed by atoms with Crippen molar-refractivity contribution in [3.05, 3.63) is 65.2 Å². The number of unbranched alkanes of at least 4 members (excludes halogenated alkanes) is 1. The van der Waals surface area contributed by atoms with E-state index in [9.17, 15) is 14.4 Å². The van der Waals surface area contributed by atoms with E-state index in [0.717, 1.165) is 18.4 Å². The Labute approximate surface area is 168 Å². The van der Waals surface area contributed by atoms with Crippen molar-refractivity contribution in [1.82, 2.24) is 10.7 Å². The molecule has 0 aliphatic heterocycles. The van der Waals surface area contributed by atoms with E-state index in [-0.39, 0.29) is 12.2 Å². The number of para-hydroxylation sites is 1. The van der Waals surface area contributed by atoms with Gasteiger partial charge in [-0.05, 0) is 36.2 Å². The zero-order valence-electron chi connectivity index (χ0n) is 16.1. The van der Waals surface area contributed by atoms with Crippen molar-refractivity contribution in [2.24, 2.45) is 5.10 Å². The number of nitrogens with one attached hydrogen (secondary N) is 2. The number of carbonyl (C=O) groups is 3. The van der Waals surface area contributed by atoms with E-state index in [4.69, 9.17) is 9.84 Å². The summed E-state index contributed by atoms with van der Waals surface area (Å²) >= 11 is 0. The van der Waals surface area contributed by atoms with Gasteiger partial charge in [0.15, 0.2) is 0 Å². The fraction of sp³-hybridized carbons (Fsp3) is 0.238. The van der Waals surface area contributed by atoms with Crippen molar-refractivity contribution >= 4 is 24.0 Å². The largest absolute Gasteiger partial charge is 0.488 e. The van der Waals surface area contributed by atoms with Crippen LogP contribution in [0.15, 0.2) is 53.6 Å². The predicted molar refractivity (Wildman–Crippen MR) is 108 cm³/mol. The van der Waals surface area contributed by atoms with Gasteiger partial charge in [-0.3, -0.25) is 9.59 Å². The van der Waals surface area contributed by atoms with Crippen LogP contribution in [0.4, 0.5) is 0 Å². The van der Waals surface area contributed by atoms with E-state index in [0.29, 0.717) is 17.9 Å². The van der Waals surface area contributed by atoms with E-state index in [1.165, 1.54) is 18.3 Å². The van der Waals surface area contributed by atoms with Gasteiger partial charge >= 0.3 is 17.8 Å². The van der Waals surface area contributed by atoms with Gasteiger partial charge in [-0.1, -0.05) is 37.6 Å². The minimum Gasteiger partial charge on any atom is -0.488 e. The maximum Gasteiger partial charge on any atom is 0.335 e. The van der Waals surface area contributed by atoms with Crippen LogP contribution in [0.1, 0.15) is 41.3 Å². The first-order valence-corrected chi connectivity index (χ1v) is 9.16. The maximum atomic E-state index is 11.7. The van der Waals surface area contributed by atoms with Crippen LogP contribution < -0.4 is 15.5 Å². The molecule has 0 aliphatic carbocycles. The molecule has 2 amide bonds. The highest BCUT2D eigenvalue weighted by Crippen LogP contribution is 2.18. The lowest BCUT2D eigenvalue weighted by Crippen LogP contribution is -2.38. The topological polar surface area (TPSA) is 117 Å². The highest BCUT2D eigenvalue weighted by atomic mass is 16.5. The highest BCUT2D eigenvalue weighted by molar-refractivity contribution is 6.35. The smallest absolute Gasteiger partial charge is 0.335 e. The molecule has 0 radical (unpaired) electrons. The summed E-state index contributed by atoms with van der Waals surface area (Å²) in [5.74, 6) is -2.03. The second kappa shape index (κ2) is 11.2. The number of hydrogen-bond acceptors (Lipinski definition) is 5. The van der Waals surface area contributed by atoms with Crippen LogP contribution in [0.25, 0.3) is 0 Å². The van der Waals surface area contributed by atoms with Crippen LogP contribution in [0.3, 0.4) is 0 Å². The lowest BCUT2D eigenvalue weighted by atomic mass is 10.1. The van der Waals surface area contributed by atoms with Gasteiger partial charge in [0.2, 0.25) is 0 Å². The summed E-state index contributed by atoms with van der Waals surface area (Å²) in [6.45, 7) is 2.66. The fourth-order valence-corrected chi connectivity index (χ4v) is 2.29. The Balaban J connectivity index is 1.92. The Morgan fingerprint density at radius 1 is 1.07 bits per heavy atom. The first-order chi connectivity index (χ1) is 14.0. The number of carbonyl (C=O) groups excluding carboxylic acids is 2. The average molecular weight is 397 g/mol. The number of aromatic carboxylic acids is 1. The fourth-order valence-electron chi connectivity index (χ4n) is 2.29. The third-order valence-corrected chi connectivity index (χ3v) is 3.91. The summed E-state index contributed by atoms with van der Waals surface area (Å²) in [5, 5.41) is 15.2. The SMILES string of the molecule is CCCCNC(=O)C(=O)N/N=C\c1ccccc1OCc1ccc(C(=O)O)cc1. The molecule has 0 fully saturated rings. The van der Waals surface area contributed by atoms with Crippen molar-refractivity contribution in [3.63, 3.8) is 0 Å². The molecule has 0 bridgehead atoms. The first kappa shape index (κ1) is 21.6. The highest BCUT2D eigenvalue weighted by Gasteiger charge is 2.11. The van der Waals surface area contributed by atoms with Gasteiger partial charge in [0.1, 0.15) is 12.4 Å². The van der Waals surface area contributed by atoms with Crippen molar-refractivity contribution in [3.8, 4) is 5.75 Å². The molecule has 0 saturated heterocycles. The zero-order valence-corrected chi connectivity index (χ0v) is 16.1. The third-order valence-electron chi connectivity index (χ3n) is 3.91. The summed E-state index contributed by atoms with van der Waals surface area (Å²) in [7, 11) is 0. The van der Waals surface area contributed by atoms with Gasteiger partial charge in [-0.15, -0.1) is 0 Å². The zero-order chi connectivity index (χ0) is 21.1. The Hall–Kier alpha value is -3.68. The molecule has 8 nitrogen and oxygen atoms in total. The summed E-state index contributed by atoms with van der Waals surface area (Å²) in [4.78, 5) is 34.2. The van der Waals surface area contributed by atoms with Gasteiger partial charge in [0, 0.05) is 12.1 Å². The van der Waals surface area contributed by atoms with Gasteiger partial charge in [-0.2, -0.15) is 5.10 Å². The molecule has 0 saturated carbocycles. The molecule has 0 spiro atoms. The number of benzene rings is 2. The van der Waals surface area contributed by atoms with Crippen LogP contribution in [0.5, 0.6) is 5.75 Å². The van der Waals surface area contributed by atoms with E-state index < -0.39 is 17.8 Å². The molecule has 0 aliphatic rings. The summed E-state index contributed by atoms with van der Waals surface area (Å²) in [6.07, 6.45) is 3.10. The van der Waals surface area contributed by atoms with Crippen molar-refractivity contribution in [1.29, 1.82) is 0 Å². The van der Waals surface area contributed by atoms with E-state index in [2.05, 4.69) is 15.8 Å². The van der Waals surface area contributed by atoms with Crippen LogP contribution in [0.2, 0.25) is 0 Å². The molecular weight excluding hydrogens is 374 g/mol. The van der Waals surface area contributed by atoms with Crippen molar-refractivity contribution in [2.75, 3.05) is 6.54 Å². The van der Waals surface area contributed by atoms with Crippen LogP contribution >= 0.6 is 0 Å². The molecule has 2 aromatic rings. The lowest BCUT2D eigenvalue weighted by Gasteiger charge is -2.09. The molecule has 8 heteroatoms. The second-order valence-corrected chi connectivity index (χ2v) is 6.14. The number of ether oxygens (including phenoxy) is 1. The first-order valence-electron chi connectivity index (χ1n) is 9.16. The van der Waals surface area contributed by atoms with Gasteiger partial charge in [0.25, 0.3) is 0 Å². The number of hydrogen-bond donors (Lipinski definition) is 3. The van der Waals surface area contributed by atoms with E-state index in [1.807, 2.05) is 6.92 Å². The Kier molecular flexibility index (Phi) is 8.37. The number of rotatable bonds is 9. The predicted octanol–water partition coefficient (Wildman–Crippen LogP) is 2.33. The molecule has 0 heterocycles. The van der Waals surface area contributed by atoms with E-state index in [1.54, 1.807) is 36.4 Å². The molecule has 0 unspecified atom stereocenters. The quantitative estimate of drug-likeness (QED) is 0.260. The maximum absolute atomic E-state index is 11.7.